The van der Waals surface area contributed by atoms with E-state index in [4.69, 9.17) is 4.74 Å². The number of carbonyl (C=O) groups excluding carboxylic acids is 2. The van der Waals surface area contributed by atoms with Gasteiger partial charge in [-0.25, -0.2) is 18.4 Å². The highest BCUT2D eigenvalue weighted by Gasteiger charge is 2.37. The molecule has 1 aliphatic carbocycles. The minimum atomic E-state index is -2.90. The molecule has 0 aliphatic heterocycles. The molecular formula is C25H28F2N2O5. The Balaban J connectivity index is 1.69. The van der Waals surface area contributed by atoms with Gasteiger partial charge in [0.15, 0.2) is 0 Å². The third-order valence-electron chi connectivity index (χ3n) is 5.99. The summed E-state index contributed by atoms with van der Waals surface area (Å²) in [6, 6.07) is 13.8. The lowest BCUT2D eigenvalue weighted by Gasteiger charge is -2.28. The van der Waals surface area contributed by atoms with Gasteiger partial charge < -0.3 is 20.5 Å². The number of hydrogen-bond donors (Lipinski definition) is 3. The Labute approximate surface area is 196 Å². The molecule has 0 bridgehead atoms. The fourth-order valence-corrected chi connectivity index (χ4v) is 4.27. The van der Waals surface area contributed by atoms with Crippen molar-refractivity contribution in [2.45, 2.75) is 57.0 Å². The van der Waals surface area contributed by atoms with Crippen LogP contribution in [-0.4, -0.2) is 47.7 Å². The predicted octanol–water partition coefficient (Wildman–Crippen LogP) is 4.31. The number of nitrogens with one attached hydrogen (secondary N) is 2. The lowest BCUT2D eigenvalue weighted by Crippen LogP contribution is -2.58. The van der Waals surface area contributed by atoms with Gasteiger partial charge in [-0.1, -0.05) is 61.9 Å². The number of carbonyl (C=O) groups is 3. The molecule has 0 aromatic heterocycles. The topological polar surface area (TPSA) is 105 Å². The number of rotatable bonds is 10. The van der Waals surface area contributed by atoms with Gasteiger partial charge in [0, 0.05) is 12.3 Å². The van der Waals surface area contributed by atoms with Crippen LogP contribution in [0.1, 0.15) is 50.2 Å². The Morgan fingerprint density at radius 3 is 2.12 bits per heavy atom. The Morgan fingerprint density at radius 1 is 1.06 bits per heavy atom. The maximum atomic E-state index is 13.1. The second-order valence-electron chi connectivity index (χ2n) is 8.53. The third kappa shape index (κ3) is 5.52. The minimum Gasteiger partial charge on any atom is -0.480 e. The highest BCUT2D eigenvalue weighted by Crippen LogP contribution is 2.44. The average molecular weight is 475 g/mol. The molecule has 9 heteroatoms. The predicted molar refractivity (Wildman–Crippen MR) is 122 cm³/mol. The van der Waals surface area contributed by atoms with Gasteiger partial charge in [-0.3, -0.25) is 4.79 Å². The summed E-state index contributed by atoms with van der Waals surface area (Å²) in [5.41, 5.74) is 2.39. The molecule has 2 unspecified atom stereocenters. The summed E-state index contributed by atoms with van der Waals surface area (Å²) in [5, 5.41) is 13.9. The van der Waals surface area contributed by atoms with Crippen LogP contribution in [0.5, 0.6) is 0 Å². The Kier molecular flexibility index (Phi) is 7.86. The van der Waals surface area contributed by atoms with Crippen molar-refractivity contribution in [3.05, 3.63) is 59.7 Å². The van der Waals surface area contributed by atoms with Crippen molar-refractivity contribution >= 4 is 18.0 Å². The summed E-state index contributed by atoms with van der Waals surface area (Å²) < 4.78 is 31.6. The van der Waals surface area contributed by atoms with Gasteiger partial charge in [0.05, 0.1) is 0 Å². The highest BCUT2D eigenvalue weighted by atomic mass is 19.3. The lowest BCUT2D eigenvalue weighted by atomic mass is 9.95. The number of hydrogen-bond acceptors (Lipinski definition) is 4. The van der Waals surface area contributed by atoms with E-state index in [1.165, 1.54) is 6.92 Å². The molecule has 7 nitrogen and oxygen atoms in total. The zero-order valence-electron chi connectivity index (χ0n) is 19.0. The molecule has 0 radical (unpaired) electrons. The van der Waals surface area contributed by atoms with Crippen molar-refractivity contribution in [1.29, 1.82) is 0 Å². The summed E-state index contributed by atoms with van der Waals surface area (Å²) >= 11 is 0. The summed E-state index contributed by atoms with van der Waals surface area (Å²) in [6.07, 6.45) is -4.36. The maximum Gasteiger partial charge on any atom is 0.407 e. The van der Waals surface area contributed by atoms with Crippen molar-refractivity contribution in [2.75, 3.05) is 6.61 Å². The first kappa shape index (κ1) is 25.1. The zero-order chi connectivity index (χ0) is 24.9. The van der Waals surface area contributed by atoms with Crippen molar-refractivity contribution in [3.8, 4) is 11.1 Å². The van der Waals surface area contributed by atoms with E-state index in [2.05, 4.69) is 10.6 Å². The standard InChI is InChI=1S/C25H28F2N2O5/c1-3-12-25(2,23(31)32)29-22(30)20(13-21(26)27)28-24(33)34-14-19-17-10-6-4-8-15(17)16-9-5-7-11-18(16)19/h4-11,19-21H,3,12-14H2,1-2H3,(H,28,33)(H,29,30)(H,31,32). The second kappa shape index (κ2) is 10.6. The molecule has 2 aromatic rings. The molecule has 2 amide bonds. The maximum absolute atomic E-state index is 13.1. The number of amides is 2. The first-order chi connectivity index (χ1) is 16.2. The van der Waals surface area contributed by atoms with Crippen LogP contribution in [-0.2, 0) is 14.3 Å². The first-order valence-corrected chi connectivity index (χ1v) is 11.1. The van der Waals surface area contributed by atoms with Gasteiger partial charge in [-0.15, -0.1) is 0 Å². The number of fused-ring (bicyclic) bond motifs is 3. The van der Waals surface area contributed by atoms with Gasteiger partial charge in [-0.05, 0) is 35.6 Å². The molecule has 2 aromatic carbocycles. The number of aliphatic carboxylic acids is 1. The molecule has 0 saturated heterocycles. The van der Waals surface area contributed by atoms with Crippen molar-refractivity contribution in [1.82, 2.24) is 10.6 Å². The lowest BCUT2D eigenvalue weighted by molar-refractivity contribution is -0.147. The van der Waals surface area contributed by atoms with E-state index in [-0.39, 0.29) is 18.9 Å². The van der Waals surface area contributed by atoms with Crippen molar-refractivity contribution < 1.29 is 33.0 Å². The van der Waals surface area contributed by atoms with Crippen LogP contribution in [0, 0.1) is 0 Å². The fraction of sp³-hybridized carbons (Fsp3) is 0.400. The number of halogens is 2. The Morgan fingerprint density at radius 2 is 1.62 bits per heavy atom. The molecule has 3 rings (SSSR count). The van der Waals surface area contributed by atoms with E-state index >= 15 is 0 Å². The van der Waals surface area contributed by atoms with Crippen LogP contribution in [0.25, 0.3) is 11.1 Å². The summed E-state index contributed by atoms with van der Waals surface area (Å²) in [7, 11) is 0. The molecule has 0 fully saturated rings. The Bertz CT molecular complexity index is 1020. The zero-order valence-corrected chi connectivity index (χ0v) is 19.0. The molecule has 0 heterocycles. The van der Waals surface area contributed by atoms with Crippen LogP contribution in [0.4, 0.5) is 13.6 Å². The fourth-order valence-electron chi connectivity index (χ4n) is 4.27. The monoisotopic (exact) mass is 474 g/mol. The number of alkyl halides is 2. The van der Waals surface area contributed by atoms with Gasteiger partial charge in [-0.2, -0.15) is 0 Å². The van der Waals surface area contributed by atoms with E-state index in [0.717, 1.165) is 22.3 Å². The van der Waals surface area contributed by atoms with Crippen molar-refractivity contribution in [3.63, 3.8) is 0 Å². The summed E-state index contributed by atoms with van der Waals surface area (Å²) in [4.78, 5) is 36.7. The smallest absolute Gasteiger partial charge is 0.407 e. The van der Waals surface area contributed by atoms with E-state index in [9.17, 15) is 28.3 Å². The molecule has 182 valence electrons. The Hall–Kier alpha value is -3.49. The number of alkyl carbamates (subject to hydrolysis) is 1. The third-order valence-corrected chi connectivity index (χ3v) is 5.99. The second-order valence-corrected chi connectivity index (χ2v) is 8.53. The normalized spacial score (nSPS) is 15.1. The SMILES string of the molecule is CCCC(C)(NC(=O)C(CC(F)F)NC(=O)OCC1c2ccccc2-c2ccccc21)C(=O)O. The summed E-state index contributed by atoms with van der Waals surface area (Å²) in [5.74, 6) is -2.54. The van der Waals surface area contributed by atoms with E-state index in [1.807, 2.05) is 48.5 Å². The number of carboxylic acid groups (broad SMARTS) is 1. The molecule has 0 spiro atoms. The van der Waals surface area contributed by atoms with E-state index in [0.29, 0.717) is 6.42 Å². The van der Waals surface area contributed by atoms with Gasteiger partial charge in [0.2, 0.25) is 12.3 Å². The largest absolute Gasteiger partial charge is 0.480 e. The highest BCUT2D eigenvalue weighted by molar-refractivity contribution is 5.91. The van der Waals surface area contributed by atoms with Crippen LogP contribution in [0.15, 0.2) is 48.5 Å². The van der Waals surface area contributed by atoms with Gasteiger partial charge in [0.1, 0.15) is 18.2 Å². The van der Waals surface area contributed by atoms with E-state index < -0.39 is 42.4 Å². The number of benzene rings is 2. The summed E-state index contributed by atoms with van der Waals surface area (Å²) in [6.45, 7) is 2.98. The van der Waals surface area contributed by atoms with Crippen LogP contribution in [0.3, 0.4) is 0 Å². The van der Waals surface area contributed by atoms with Crippen LogP contribution >= 0.6 is 0 Å². The number of ether oxygens (including phenoxy) is 1. The molecule has 34 heavy (non-hydrogen) atoms. The molecule has 0 saturated carbocycles. The molecule has 1 aliphatic rings. The van der Waals surface area contributed by atoms with E-state index in [1.54, 1.807) is 6.92 Å². The van der Waals surface area contributed by atoms with Crippen LogP contribution in [0.2, 0.25) is 0 Å². The molecule has 3 N–H and O–H groups in total. The van der Waals surface area contributed by atoms with Crippen LogP contribution < -0.4 is 10.6 Å². The first-order valence-electron chi connectivity index (χ1n) is 11.1. The molecule has 2 atom stereocenters. The quantitative estimate of drug-likeness (QED) is 0.476. The van der Waals surface area contributed by atoms with Gasteiger partial charge >= 0.3 is 12.1 Å². The molecular weight excluding hydrogens is 446 g/mol. The van der Waals surface area contributed by atoms with Gasteiger partial charge in [0.25, 0.3) is 0 Å². The minimum absolute atomic E-state index is 0.0500. The number of carboxylic acids is 1. The average Bonchev–Trinajstić information content (AvgIpc) is 3.10. The van der Waals surface area contributed by atoms with Crippen molar-refractivity contribution in [2.24, 2.45) is 0 Å².